The van der Waals surface area contributed by atoms with E-state index in [1.54, 1.807) is 12.1 Å². The first-order valence-electron chi connectivity index (χ1n) is 10.6. The van der Waals surface area contributed by atoms with Gasteiger partial charge in [0.05, 0.1) is 5.71 Å². The Morgan fingerprint density at radius 1 is 0.862 bits per heavy atom. The second-order valence-corrected chi connectivity index (χ2v) is 7.68. The van der Waals surface area contributed by atoms with E-state index in [2.05, 4.69) is 30.3 Å². The molecule has 2 saturated heterocycles. The predicted octanol–water partition coefficient (Wildman–Crippen LogP) is 3.39. The molecule has 1 aromatic carbocycles. The fourth-order valence-electron chi connectivity index (χ4n) is 3.85. The number of rotatable bonds is 5. The van der Waals surface area contributed by atoms with E-state index in [-0.39, 0.29) is 5.75 Å². The van der Waals surface area contributed by atoms with Gasteiger partial charge in [-0.05, 0) is 57.6 Å². The summed E-state index contributed by atoms with van der Waals surface area (Å²) in [4.78, 5) is 18.5. The third-order valence-corrected chi connectivity index (χ3v) is 5.51. The van der Waals surface area contributed by atoms with Crippen LogP contribution in [0.5, 0.6) is 5.75 Å². The quantitative estimate of drug-likeness (QED) is 0.592. The van der Waals surface area contributed by atoms with E-state index in [1.165, 1.54) is 12.8 Å². The van der Waals surface area contributed by atoms with Gasteiger partial charge in [-0.1, -0.05) is 12.1 Å². The summed E-state index contributed by atoms with van der Waals surface area (Å²) < 4.78 is 0. The molecule has 3 heterocycles. The van der Waals surface area contributed by atoms with Crippen LogP contribution in [0.1, 0.15) is 51.0 Å². The Bertz CT molecular complexity index is 822. The maximum Gasteiger partial charge on any atom is 0.250 e. The second kappa shape index (κ2) is 9.07. The lowest BCUT2D eigenvalue weighted by molar-refractivity contribution is 0.474. The molecule has 8 nitrogen and oxygen atoms in total. The van der Waals surface area contributed by atoms with E-state index in [0.29, 0.717) is 17.2 Å². The minimum atomic E-state index is 0.203. The number of nitrogens with one attached hydrogen (secondary N) is 1. The van der Waals surface area contributed by atoms with Crippen molar-refractivity contribution in [2.24, 2.45) is 5.10 Å². The average Bonchev–Trinajstić information content (AvgIpc) is 2.79. The van der Waals surface area contributed by atoms with Crippen LogP contribution < -0.4 is 15.2 Å². The van der Waals surface area contributed by atoms with Crippen LogP contribution in [-0.2, 0) is 0 Å². The summed E-state index contributed by atoms with van der Waals surface area (Å²) >= 11 is 0. The molecule has 4 rings (SSSR count). The Labute approximate surface area is 171 Å². The molecule has 0 unspecified atom stereocenters. The normalized spacial score (nSPS) is 18.0. The van der Waals surface area contributed by atoms with Crippen molar-refractivity contribution < 1.29 is 5.11 Å². The number of aromatic hydroxyl groups is 1. The van der Waals surface area contributed by atoms with E-state index in [1.807, 2.05) is 19.1 Å². The van der Waals surface area contributed by atoms with Crippen LogP contribution in [0.15, 0.2) is 29.4 Å². The molecule has 2 N–H and O–H groups in total. The number of anilines is 3. The van der Waals surface area contributed by atoms with Crippen LogP contribution in [-0.4, -0.2) is 51.9 Å². The molecule has 0 amide bonds. The zero-order chi connectivity index (χ0) is 20.1. The monoisotopic (exact) mass is 395 g/mol. The van der Waals surface area contributed by atoms with Gasteiger partial charge in [-0.15, -0.1) is 0 Å². The number of hydrazone groups is 1. The van der Waals surface area contributed by atoms with Crippen molar-refractivity contribution in [1.82, 2.24) is 15.0 Å². The Kier molecular flexibility index (Phi) is 6.07. The van der Waals surface area contributed by atoms with Crippen LogP contribution >= 0.6 is 0 Å². The van der Waals surface area contributed by atoms with Gasteiger partial charge in [0.1, 0.15) is 5.75 Å². The lowest BCUT2D eigenvalue weighted by Gasteiger charge is -2.30. The molecule has 0 saturated carbocycles. The number of piperidine rings is 2. The fraction of sp³-hybridized carbons (Fsp3) is 0.524. The van der Waals surface area contributed by atoms with E-state index in [9.17, 15) is 5.11 Å². The molecule has 0 spiro atoms. The van der Waals surface area contributed by atoms with Gasteiger partial charge in [-0.2, -0.15) is 20.1 Å². The Morgan fingerprint density at radius 2 is 1.41 bits per heavy atom. The van der Waals surface area contributed by atoms with Gasteiger partial charge in [0, 0.05) is 31.7 Å². The number of hydrogen-bond donors (Lipinski definition) is 2. The number of benzene rings is 1. The first-order valence-corrected chi connectivity index (χ1v) is 10.6. The van der Waals surface area contributed by atoms with Gasteiger partial charge >= 0.3 is 0 Å². The van der Waals surface area contributed by atoms with Crippen molar-refractivity contribution in [1.29, 1.82) is 0 Å². The molecule has 2 aliphatic rings. The van der Waals surface area contributed by atoms with E-state index >= 15 is 0 Å². The minimum Gasteiger partial charge on any atom is -0.507 e. The van der Waals surface area contributed by atoms with Crippen molar-refractivity contribution in [3.63, 3.8) is 0 Å². The zero-order valence-electron chi connectivity index (χ0n) is 17.0. The molecule has 29 heavy (non-hydrogen) atoms. The summed E-state index contributed by atoms with van der Waals surface area (Å²) in [5.74, 6) is 2.08. The number of phenolic OH excluding ortho intramolecular Hbond substituents is 1. The molecule has 0 aliphatic carbocycles. The van der Waals surface area contributed by atoms with Gasteiger partial charge in [-0.3, -0.25) is 0 Å². The number of hydrogen-bond acceptors (Lipinski definition) is 8. The van der Waals surface area contributed by atoms with E-state index in [4.69, 9.17) is 4.98 Å². The SMILES string of the molecule is C/C(=N\Nc1nc(N2CCCCC2)nc(N2CCCCC2)n1)c1ccccc1O. The highest BCUT2D eigenvalue weighted by atomic mass is 16.3. The van der Waals surface area contributed by atoms with Crippen LogP contribution in [0.25, 0.3) is 0 Å². The lowest BCUT2D eigenvalue weighted by Crippen LogP contribution is -2.34. The topological polar surface area (TPSA) is 89.8 Å². The first-order chi connectivity index (χ1) is 14.2. The largest absolute Gasteiger partial charge is 0.507 e. The van der Waals surface area contributed by atoms with Crippen LogP contribution in [0.4, 0.5) is 17.8 Å². The average molecular weight is 396 g/mol. The van der Waals surface area contributed by atoms with Crippen molar-refractivity contribution in [3.8, 4) is 5.75 Å². The van der Waals surface area contributed by atoms with Gasteiger partial charge < -0.3 is 14.9 Å². The van der Waals surface area contributed by atoms with Gasteiger partial charge in [0.15, 0.2) is 0 Å². The molecular formula is C21H29N7O. The fourth-order valence-corrected chi connectivity index (χ4v) is 3.85. The third-order valence-electron chi connectivity index (χ3n) is 5.51. The zero-order valence-corrected chi connectivity index (χ0v) is 17.0. The lowest BCUT2D eigenvalue weighted by atomic mass is 10.1. The molecule has 0 radical (unpaired) electrons. The standard InChI is InChI=1S/C21H29N7O/c1-16(17-10-4-5-11-18(17)29)25-26-19-22-20(27-12-6-2-7-13-27)24-21(23-19)28-14-8-3-9-15-28/h4-5,10-11,29H,2-3,6-9,12-15H2,1H3,(H,22,23,24,26)/b25-16+. The highest BCUT2D eigenvalue weighted by Gasteiger charge is 2.20. The molecule has 8 heteroatoms. The Balaban J connectivity index is 1.60. The smallest absolute Gasteiger partial charge is 0.250 e. The summed E-state index contributed by atoms with van der Waals surface area (Å²) in [6.45, 7) is 5.75. The Hall–Kier alpha value is -2.90. The number of nitrogens with zero attached hydrogens (tertiary/aromatic N) is 6. The van der Waals surface area contributed by atoms with Crippen molar-refractivity contribution >= 4 is 23.6 Å². The Morgan fingerprint density at radius 3 is 1.97 bits per heavy atom. The number of aromatic nitrogens is 3. The third kappa shape index (κ3) is 4.75. The van der Waals surface area contributed by atoms with Gasteiger partial charge in [0.25, 0.3) is 0 Å². The maximum atomic E-state index is 10.0. The maximum absolute atomic E-state index is 10.0. The number of para-hydroxylation sites is 1. The summed E-state index contributed by atoms with van der Waals surface area (Å²) in [6, 6.07) is 7.16. The van der Waals surface area contributed by atoms with E-state index in [0.717, 1.165) is 63.8 Å². The van der Waals surface area contributed by atoms with Crippen LogP contribution in [0.3, 0.4) is 0 Å². The van der Waals surface area contributed by atoms with Crippen molar-refractivity contribution in [3.05, 3.63) is 29.8 Å². The molecular weight excluding hydrogens is 366 g/mol. The van der Waals surface area contributed by atoms with Crippen LogP contribution in [0.2, 0.25) is 0 Å². The highest BCUT2D eigenvalue weighted by Crippen LogP contribution is 2.23. The predicted molar refractivity (Wildman–Crippen MR) is 116 cm³/mol. The van der Waals surface area contributed by atoms with Crippen LogP contribution in [0, 0.1) is 0 Å². The molecule has 0 atom stereocenters. The first kappa shape index (κ1) is 19.4. The van der Waals surface area contributed by atoms with E-state index < -0.39 is 0 Å². The highest BCUT2D eigenvalue weighted by molar-refractivity contribution is 6.01. The summed E-state index contributed by atoms with van der Waals surface area (Å²) in [5, 5.41) is 14.5. The van der Waals surface area contributed by atoms with Gasteiger partial charge in [-0.25, -0.2) is 5.43 Å². The molecule has 2 aromatic rings. The van der Waals surface area contributed by atoms with Gasteiger partial charge in [0.2, 0.25) is 17.8 Å². The summed E-state index contributed by atoms with van der Waals surface area (Å²) in [6.07, 6.45) is 7.18. The molecule has 154 valence electrons. The minimum absolute atomic E-state index is 0.203. The summed E-state index contributed by atoms with van der Waals surface area (Å²) in [5.41, 5.74) is 4.34. The molecule has 2 fully saturated rings. The van der Waals surface area contributed by atoms with Crippen molar-refractivity contribution in [2.75, 3.05) is 41.4 Å². The second-order valence-electron chi connectivity index (χ2n) is 7.68. The molecule has 1 aromatic heterocycles. The molecule has 0 bridgehead atoms. The summed E-state index contributed by atoms with van der Waals surface area (Å²) in [7, 11) is 0. The van der Waals surface area contributed by atoms with Crippen molar-refractivity contribution in [2.45, 2.75) is 45.4 Å². The number of phenols is 1. The molecule has 2 aliphatic heterocycles.